The largest absolute Gasteiger partial charge is 0.491 e. The van der Waals surface area contributed by atoms with E-state index in [1.54, 1.807) is 0 Å². The van der Waals surface area contributed by atoms with Crippen LogP contribution in [-0.4, -0.2) is 39.6 Å². The smallest absolute Gasteiger partial charge is 0.303 e. The Morgan fingerprint density at radius 2 is 1.68 bits per heavy atom. The highest BCUT2D eigenvalue weighted by Crippen LogP contribution is 2.42. The standard InChI is InChI=1S/C33H48O5/c1-7-12-26-22-25(19-20-32(37,8-2)9-3)13-16-29(26)33(10-4,11-5)27-14-17-30(24(6)21-27)38-23-28(34)15-18-31(35)36/h13-14,16-17,19-22,28,34,37H,7-12,15,18,23H2,1-6H3,(H,35,36)/b20-19+/t28-/m0/s1. The summed E-state index contributed by atoms with van der Waals surface area (Å²) >= 11 is 0. The molecule has 5 nitrogen and oxygen atoms in total. The highest BCUT2D eigenvalue weighted by molar-refractivity contribution is 5.66. The fourth-order valence-electron chi connectivity index (χ4n) is 5.26. The average molecular weight is 525 g/mol. The first-order valence-corrected chi connectivity index (χ1v) is 14.3. The predicted molar refractivity (Wildman–Crippen MR) is 156 cm³/mol. The van der Waals surface area contributed by atoms with E-state index < -0.39 is 17.7 Å². The number of carbonyl (C=O) groups is 1. The van der Waals surface area contributed by atoms with Gasteiger partial charge in [-0.2, -0.15) is 0 Å². The molecule has 0 fully saturated rings. The van der Waals surface area contributed by atoms with Crippen LogP contribution in [0.3, 0.4) is 0 Å². The molecule has 0 amide bonds. The maximum absolute atomic E-state index is 10.8. The maximum Gasteiger partial charge on any atom is 0.303 e. The predicted octanol–water partition coefficient (Wildman–Crippen LogP) is 7.22. The lowest BCUT2D eigenvalue weighted by atomic mass is 9.68. The molecule has 0 unspecified atom stereocenters. The highest BCUT2D eigenvalue weighted by atomic mass is 16.5. The van der Waals surface area contributed by atoms with Crippen molar-refractivity contribution >= 4 is 12.0 Å². The summed E-state index contributed by atoms with van der Waals surface area (Å²) in [7, 11) is 0. The van der Waals surface area contributed by atoms with Gasteiger partial charge < -0.3 is 20.1 Å². The zero-order chi connectivity index (χ0) is 28.3. The van der Waals surface area contributed by atoms with E-state index in [1.165, 1.54) is 16.7 Å². The second-order valence-corrected chi connectivity index (χ2v) is 10.5. The zero-order valence-electron chi connectivity index (χ0n) is 24.2. The summed E-state index contributed by atoms with van der Waals surface area (Å²) in [6, 6.07) is 13.0. The second kappa shape index (κ2) is 14.5. The molecule has 3 N–H and O–H groups in total. The molecule has 0 radical (unpaired) electrons. The SMILES string of the molecule is CCCc1cc(/C=C/C(O)(CC)CC)ccc1C(CC)(CC)c1ccc(OC[C@@H](O)CCC(=O)O)c(C)c1. The number of benzene rings is 2. The summed E-state index contributed by atoms with van der Waals surface area (Å²) < 4.78 is 5.85. The van der Waals surface area contributed by atoms with Gasteiger partial charge in [-0.1, -0.05) is 83.5 Å². The van der Waals surface area contributed by atoms with E-state index in [-0.39, 0.29) is 24.9 Å². The number of aliphatic carboxylic acids is 1. The van der Waals surface area contributed by atoms with E-state index in [1.807, 2.05) is 32.9 Å². The molecule has 0 aliphatic rings. The van der Waals surface area contributed by atoms with Crippen LogP contribution in [0.2, 0.25) is 0 Å². The molecule has 38 heavy (non-hydrogen) atoms. The van der Waals surface area contributed by atoms with Gasteiger partial charge in [0.15, 0.2) is 0 Å². The molecule has 2 aromatic carbocycles. The summed E-state index contributed by atoms with van der Waals surface area (Å²) in [5, 5.41) is 29.6. The Morgan fingerprint density at radius 3 is 2.24 bits per heavy atom. The van der Waals surface area contributed by atoms with Gasteiger partial charge in [-0.05, 0) is 79.3 Å². The number of aryl methyl sites for hydroxylation is 2. The number of hydrogen-bond donors (Lipinski definition) is 3. The van der Waals surface area contributed by atoms with Gasteiger partial charge in [0.1, 0.15) is 12.4 Å². The monoisotopic (exact) mass is 524 g/mol. The molecule has 0 aliphatic heterocycles. The van der Waals surface area contributed by atoms with Crippen LogP contribution in [0.4, 0.5) is 0 Å². The van der Waals surface area contributed by atoms with Gasteiger partial charge in [0.05, 0.1) is 11.7 Å². The Balaban J connectivity index is 2.41. The first-order chi connectivity index (χ1) is 18.1. The van der Waals surface area contributed by atoms with Crippen molar-refractivity contribution in [3.8, 4) is 5.75 Å². The van der Waals surface area contributed by atoms with Crippen LogP contribution in [0.25, 0.3) is 6.08 Å². The van der Waals surface area contributed by atoms with Crippen LogP contribution in [-0.2, 0) is 16.6 Å². The van der Waals surface area contributed by atoms with Crippen LogP contribution in [0.1, 0.15) is 107 Å². The number of rotatable bonds is 16. The minimum atomic E-state index is -0.921. The Kier molecular flexibility index (Phi) is 12.1. The van der Waals surface area contributed by atoms with Gasteiger partial charge in [0, 0.05) is 11.8 Å². The Hall–Kier alpha value is -2.63. The van der Waals surface area contributed by atoms with E-state index >= 15 is 0 Å². The molecule has 0 aromatic heterocycles. The third kappa shape index (κ3) is 7.94. The quantitative estimate of drug-likeness (QED) is 0.216. The van der Waals surface area contributed by atoms with Gasteiger partial charge in [-0.15, -0.1) is 0 Å². The molecule has 2 rings (SSSR count). The van der Waals surface area contributed by atoms with Gasteiger partial charge in [-0.25, -0.2) is 0 Å². The molecule has 1 atom stereocenters. The van der Waals surface area contributed by atoms with Crippen molar-refractivity contribution in [1.82, 2.24) is 0 Å². The van der Waals surface area contributed by atoms with Crippen molar-refractivity contribution in [2.75, 3.05) is 6.61 Å². The van der Waals surface area contributed by atoms with E-state index in [0.29, 0.717) is 18.6 Å². The molecule has 0 spiro atoms. The lowest BCUT2D eigenvalue weighted by Crippen LogP contribution is -2.28. The van der Waals surface area contributed by atoms with Crippen molar-refractivity contribution in [3.63, 3.8) is 0 Å². The minimum Gasteiger partial charge on any atom is -0.491 e. The second-order valence-electron chi connectivity index (χ2n) is 10.5. The van der Waals surface area contributed by atoms with Crippen LogP contribution < -0.4 is 4.74 Å². The van der Waals surface area contributed by atoms with Crippen LogP contribution >= 0.6 is 0 Å². The van der Waals surface area contributed by atoms with E-state index in [0.717, 1.165) is 36.8 Å². The molecular formula is C33H48O5. The molecule has 210 valence electrons. The zero-order valence-corrected chi connectivity index (χ0v) is 24.2. The number of hydrogen-bond acceptors (Lipinski definition) is 4. The van der Waals surface area contributed by atoms with Crippen LogP contribution in [0.5, 0.6) is 5.75 Å². The highest BCUT2D eigenvalue weighted by Gasteiger charge is 2.33. The summed E-state index contributed by atoms with van der Waals surface area (Å²) in [6.07, 6.45) is 8.58. The lowest BCUT2D eigenvalue weighted by molar-refractivity contribution is -0.137. The molecular weight excluding hydrogens is 476 g/mol. The van der Waals surface area contributed by atoms with E-state index in [2.05, 4.69) is 57.2 Å². The molecule has 5 heteroatoms. The summed E-state index contributed by atoms with van der Waals surface area (Å²) in [6.45, 7) is 12.8. The number of carboxylic acids is 1. The molecule has 0 saturated heterocycles. The average Bonchev–Trinajstić information content (AvgIpc) is 2.92. The number of aliphatic hydroxyl groups excluding tert-OH is 1. The lowest BCUT2D eigenvalue weighted by Gasteiger charge is -2.36. The summed E-state index contributed by atoms with van der Waals surface area (Å²) in [5.41, 5.74) is 5.12. The van der Waals surface area contributed by atoms with Crippen molar-refractivity contribution < 1.29 is 24.9 Å². The molecule has 0 bridgehead atoms. The number of carboxylic acid groups (broad SMARTS) is 1. The fraction of sp³-hybridized carbons (Fsp3) is 0.545. The van der Waals surface area contributed by atoms with Gasteiger partial charge >= 0.3 is 5.97 Å². The van der Waals surface area contributed by atoms with Crippen molar-refractivity contribution in [2.45, 2.75) is 110 Å². The molecule has 0 aliphatic carbocycles. The maximum atomic E-state index is 10.8. The first-order valence-electron chi connectivity index (χ1n) is 14.3. The first kappa shape index (κ1) is 31.6. The van der Waals surface area contributed by atoms with Crippen LogP contribution in [0.15, 0.2) is 42.5 Å². The normalized spacial score (nSPS) is 13.2. The van der Waals surface area contributed by atoms with E-state index in [9.17, 15) is 15.0 Å². The third-order valence-corrected chi connectivity index (χ3v) is 8.03. The Bertz CT molecular complexity index is 1060. The van der Waals surface area contributed by atoms with Gasteiger partial charge in [0.25, 0.3) is 0 Å². The summed E-state index contributed by atoms with van der Waals surface area (Å²) in [5.74, 6) is -0.215. The van der Waals surface area contributed by atoms with Crippen LogP contribution in [0, 0.1) is 6.92 Å². The topological polar surface area (TPSA) is 87.0 Å². The van der Waals surface area contributed by atoms with Crippen molar-refractivity contribution in [2.24, 2.45) is 0 Å². The van der Waals surface area contributed by atoms with Gasteiger partial charge in [0.2, 0.25) is 0 Å². The Labute approximate surface area is 229 Å². The molecule has 0 heterocycles. The Morgan fingerprint density at radius 1 is 1.00 bits per heavy atom. The van der Waals surface area contributed by atoms with Crippen molar-refractivity contribution in [3.05, 3.63) is 70.3 Å². The number of aliphatic hydroxyl groups is 2. The summed E-state index contributed by atoms with van der Waals surface area (Å²) in [4.78, 5) is 10.8. The molecule has 0 saturated carbocycles. The third-order valence-electron chi connectivity index (χ3n) is 8.03. The van der Waals surface area contributed by atoms with Gasteiger partial charge in [-0.3, -0.25) is 4.79 Å². The van der Waals surface area contributed by atoms with Crippen molar-refractivity contribution in [1.29, 1.82) is 0 Å². The fourth-order valence-corrected chi connectivity index (χ4v) is 5.26. The minimum absolute atomic E-state index is 0.0704. The molecule has 2 aromatic rings. The van der Waals surface area contributed by atoms with E-state index in [4.69, 9.17) is 9.84 Å². The number of ether oxygens (including phenoxy) is 1.